The first kappa shape index (κ1) is 18.6. The molecule has 0 radical (unpaired) electrons. The number of tetrazole rings is 1. The Morgan fingerprint density at radius 1 is 1.22 bits per heavy atom. The van der Waals surface area contributed by atoms with Crippen molar-refractivity contribution in [2.45, 2.75) is 39.8 Å². The second-order valence-corrected chi connectivity index (χ2v) is 6.46. The van der Waals surface area contributed by atoms with Crippen LogP contribution in [0.3, 0.4) is 0 Å². The molecule has 27 heavy (non-hydrogen) atoms. The van der Waals surface area contributed by atoms with Gasteiger partial charge in [0.15, 0.2) is 5.82 Å². The van der Waals surface area contributed by atoms with Crippen molar-refractivity contribution in [3.63, 3.8) is 0 Å². The number of carbonyl (C=O) groups excluding carboxylic acids is 1. The molecule has 0 aliphatic heterocycles. The van der Waals surface area contributed by atoms with Crippen molar-refractivity contribution in [2.75, 3.05) is 6.54 Å². The first-order valence-corrected chi connectivity index (χ1v) is 8.86. The predicted octanol–water partition coefficient (Wildman–Crippen LogP) is 2.71. The van der Waals surface area contributed by atoms with Crippen molar-refractivity contribution in [1.29, 1.82) is 0 Å². The van der Waals surface area contributed by atoms with Crippen LogP contribution in [0.4, 0.5) is 0 Å². The Hall–Kier alpha value is -3.16. The summed E-state index contributed by atoms with van der Waals surface area (Å²) in [4.78, 5) is 12.2. The number of aryl methyl sites for hydroxylation is 1. The van der Waals surface area contributed by atoms with Crippen LogP contribution in [0, 0.1) is 6.92 Å². The highest BCUT2D eigenvalue weighted by Crippen LogP contribution is 2.14. The molecular formula is C19H23N5O3. The second kappa shape index (κ2) is 8.48. The molecule has 0 aliphatic carbocycles. The number of benzene rings is 1. The molecule has 0 bridgehead atoms. The molecule has 8 nitrogen and oxygen atoms in total. The van der Waals surface area contributed by atoms with Gasteiger partial charge in [-0.15, -0.1) is 5.10 Å². The van der Waals surface area contributed by atoms with E-state index in [0.29, 0.717) is 30.1 Å². The molecule has 1 N–H and O–H groups in total. The van der Waals surface area contributed by atoms with E-state index in [4.69, 9.17) is 9.15 Å². The van der Waals surface area contributed by atoms with E-state index in [-0.39, 0.29) is 18.6 Å². The smallest absolute Gasteiger partial charge is 0.251 e. The normalized spacial score (nSPS) is 11.0. The zero-order valence-corrected chi connectivity index (χ0v) is 15.7. The van der Waals surface area contributed by atoms with Crippen LogP contribution in [0.15, 0.2) is 40.8 Å². The Labute approximate surface area is 157 Å². The highest BCUT2D eigenvalue weighted by Gasteiger charge is 2.10. The average Bonchev–Trinajstić information content (AvgIpc) is 3.29. The lowest BCUT2D eigenvalue weighted by atomic mass is 10.2. The summed E-state index contributed by atoms with van der Waals surface area (Å²) < 4.78 is 12.9. The van der Waals surface area contributed by atoms with Gasteiger partial charge in [-0.2, -0.15) is 0 Å². The number of hydrogen-bond acceptors (Lipinski definition) is 6. The zero-order valence-electron chi connectivity index (χ0n) is 15.7. The van der Waals surface area contributed by atoms with E-state index in [9.17, 15) is 4.79 Å². The minimum absolute atomic E-state index is 0.131. The second-order valence-electron chi connectivity index (χ2n) is 6.46. The molecule has 0 saturated carbocycles. The quantitative estimate of drug-likeness (QED) is 0.656. The summed E-state index contributed by atoms with van der Waals surface area (Å²) in [5.41, 5.74) is 0.574. The van der Waals surface area contributed by atoms with Crippen molar-refractivity contribution in [3.05, 3.63) is 59.3 Å². The van der Waals surface area contributed by atoms with Crippen LogP contribution in [0.1, 0.15) is 47.6 Å². The van der Waals surface area contributed by atoms with Crippen LogP contribution >= 0.6 is 0 Å². The van der Waals surface area contributed by atoms with Crippen molar-refractivity contribution in [1.82, 2.24) is 25.5 Å². The third-order valence-corrected chi connectivity index (χ3v) is 3.99. The lowest BCUT2D eigenvalue weighted by molar-refractivity contribution is 0.0953. The summed E-state index contributed by atoms with van der Waals surface area (Å²) >= 11 is 0. The fraction of sp³-hybridized carbons (Fsp3) is 0.368. The summed E-state index contributed by atoms with van der Waals surface area (Å²) in [6.45, 7) is 6.68. The molecular weight excluding hydrogens is 346 g/mol. The number of hydrogen-bond donors (Lipinski definition) is 1. The Balaban J connectivity index is 1.49. The van der Waals surface area contributed by atoms with E-state index in [1.807, 2.05) is 32.9 Å². The van der Waals surface area contributed by atoms with Crippen molar-refractivity contribution in [2.24, 2.45) is 0 Å². The lowest BCUT2D eigenvalue weighted by Gasteiger charge is -2.09. The van der Waals surface area contributed by atoms with Gasteiger partial charge in [-0.3, -0.25) is 4.79 Å². The molecule has 0 saturated heterocycles. The minimum atomic E-state index is -0.131. The Morgan fingerprint density at radius 3 is 2.67 bits per heavy atom. The molecule has 1 aromatic carbocycles. The number of nitrogens with one attached hydrogen (secondary N) is 1. The van der Waals surface area contributed by atoms with Gasteiger partial charge in [0.05, 0.1) is 6.04 Å². The Kier molecular flexibility index (Phi) is 5.85. The maximum Gasteiger partial charge on any atom is 0.251 e. The van der Waals surface area contributed by atoms with Crippen LogP contribution in [0.25, 0.3) is 0 Å². The molecule has 0 atom stereocenters. The van der Waals surface area contributed by atoms with Crippen LogP contribution in [-0.4, -0.2) is 32.7 Å². The fourth-order valence-corrected chi connectivity index (χ4v) is 2.58. The molecule has 0 fully saturated rings. The molecule has 3 rings (SSSR count). The summed E-state index contributed by atoms with van der Waals surface area (Å²) in [6, 6.07) is 11.0. The molecule has 3 aromatic rings. The van der Waals surface area contributed by atoms with Crippen LogP contribution in [0.2, 0.25) is 0 Å². The van der Waals surface area contributed by atoms with E-state index >= 15 is 0 Å². The van der Waals surface area contributed by atoms with E-state index in [1.54, 1.807) is 28.9 Å². The maximum absolute atomic E-state index is 12.2. The minimum Gasteiger partial charge on any atom is -0.486 e. The molecule has 8 heteroatoms. The van der Waals surface area contributed by atoms with Gasteiger partial charge in [-0.05, 0) is 67.6 Å². The van der Waals surface area contributed by atoms with Crippen molar-refractivity contribution in [3.8, 4) is 5.75 Å². The summed E-state index contributed by atoms with van der Waals surface area (Å²) in [5, 5.41) is 14.4. The van der Waals surface area contributed by atoms with Gasteiger partial charge in [0, 0.05) is 18.5 Å². The first-order chi connectivity index (χ1) is 13.0. The molecule has 2 aromatic heterocycles. The van der Waals surface area contributed by atoms with E-state index in [0.717, 1.165) is 11.5 Å². The van der Waals surface area contributed by atoms with Gasteiger partial charge in [-0.25, -0.2) is 4.68 Å². The molecule has 142 valence electrons. The van der Waals surface area contributed by atoms with Crippen molar-refractivity contribution >= 4 is 5.91 Å². The summed E-state index contributed by atoms with van der Waals surface area (Å²) in [5.74, 6) is 2.90. The van der Waals surface area contributed by atoms with E-state index < -0.39 is 0 Å². The molecule has 1 amide bonds. The molecule has 2 heterocycles. The molecule has 0 unspecified atom stereocenters. The van der Waals surface area contributed by atoms with Gasteiger partial charge in [0.2, 0.25) is 0 Å². The number of ether oxygens (including phenoxy) is 1. The van der Waals surface area contributed by atoms with Gasteiger partial charge >= 0.3 is 0 Å². The number of furan rings is 1. The average molecular weight is 369 g/mol. The highest BCUT2D eigenvalue weighted by molar-refractivity contribution is 5.94. The zero-order chi connectivity index (χ0) is 19.2. The van der Waals surface area contributed by atoms with Crippen LogP contribution in [-0.2, 0) is 13.0 Å². The van der Waals surface area contributed by atoms with Gasteiger partial charge in [0.25, 0.3) is 5.91 Å². The molecule has 0 spiro atoms. The van der Waals surface area contributed by atoms with E-state index in [1.165, 1.54) is 0 Å². The summed E-state index contributed by atoms with van der Waals surface area (Å²) in [7, 11) is 0. The predicted molar refractivity (Wildman–Crippen MR) is 98.5 cm³/mol. The van der Waals surface area contributed by atoms with Gasteiger partial charge < -0.3 is 14.5 Å². The number of aromatic nitrogens is 4. The maximum atomic E-state index is 12.2. The number of carbonyl (C=O) groups is 1. The topological polar surface area (TPSA) is 95.1 Å². The standard InChI is InChI=1S/C19H23N5O3/c1-13(2)24-18(21-22-23-24)12-26-16-8-5-15(6-9-16)19(25)20-11-10-17-7-4-14(3)27-17/h4-9,13H,10-12H2,1-3H3,(H,20,25). The van der Waals surface area contributed by atoms with E-state index in [2.05, 4.69) is 20.8 Å². The highest BCUT2D eigenvalue weighted by atomic mass is 16.5. The SMILES string of the molecule is Cc1ccc(CCNC(=O)c2ccc(OCc3nnnn3C(C)C)cc2)o1. The number of rotatable bonds is 8. The number of amides is 1. The third-order valence-electron chi connectivity index (χ3n) is 3.99. The Bertz CT molecular complexity index is 883. The third kappa shape index (κ3) is 4.93. The van der Waals surface area contributed by atoms with Crippen LogP contribution < -0.4 is 10.1 Å². The number of nitrogens with zero attached hydrogens (tertiary/aromatic N) is 4. The summed E-state index contributed by atoms with van der Waals surface area (Å²) in [6.07, 6.45) is 0.658. The van der Waals surface area contributed by atoms with Gasteiger partial charge in [0.1, 0.15) is 23.9 Å². The van der Waals surface area contributed by atoms with Crippen molar-refractivity contribution < 1.29 is 13.9 Å². The van der Waals surface area contributed by atoms with Gasteiger partial charge in [-0.1, -0.05) is 0 Å². The fourth-order valence-electron chi connectivity index (χ4n) is 2.58. The lowest BCUT2D eigenvalue weighted by Crippen LogP contribution is -2.25. The molecule has 0 aliphatic rings. The van der Waals surface area contributed by atoms with Crippen LogP contribution in [0.5, 0.6) is 5.75 Å². The largest absolute Gasteiger partial charge is 0.486 e. The first-order valence-electron chi connectivity index (χ1n) is 8.86. The monoisotopic (exact) mass is 369 g/mol. The Morgan fingerprint density at radius 2 is 2.00 bits per heavy atom.